The van der Waals surface area contributed by atoms with Gasteiger partial charge in [-0.25, -0.2) is 9.97 Å². The molecule has 4 aromatic rings. The van der Waals surface area contributed by atoms with Gasteiger partial charge in [0, 0.05) is 22.0 Å². The van der Waals surface area contributed by atoms with Crippen LogP contribution in [0.1, 0.15) is 43.4 Å². The van der Waals surface area contributed by atoms with Crippen molar-refractivity contribution < 1.29 is 4.79 Å². The van der Waals surface area contributed by atoms with E-state index in [1.54, 1.807) is 12.4 Å². The van der Waals surface area contributed by atoms with E-state index < -0.39 is 5.41 Å². The summed E-state index contributed by atoms with van der Waals surface area (Å²) in [6, 6.07) is 4.27. The summed E-state index contributed by atoms with van der Waals surface area (Å²) in [5, 5.41) is 12.0. The molecule has 3 N–H and O–H groups in total. The number of hydrogen-bond donors (Lipinski definition) is 3. The smallest absolute Gasteiger partial charge is 0.130 e. The summed E-state index contributed by atoms with van der Waals surface area (Å²) in [6.45, 7) is 4.02. The second kappa shape index (κ2) is 7.09. The molecule has 7 nitrogen and oxygen atoms in total. The molecule has 3 aromatic heterocycles. The average Bonchev–Trinajstić information content (AvgIpc) is 3.34. The third-order valence-corrected chi connectivity index (χ3v) is 6.33. The van der Waals surface area contributed by atoms with Crippen molar-refractivity contribution in [2.24, 2.45) is 0 Å². The molecular weight excluding hydrogens is 376 g/mol. The Morgan fingerprint density at radius 3 is 2.77 bits per heavy atom. The number of benzene rings is 1. The lowest BCUT2D eigenvalue weighted by Crippen LogP contribution is -2.24. The van der Waals surface area contributed by atoms with Crippen LogP contribution in [-0.2, 0) is 23.1 Å². The van der Waals surface area contributed by atoms with Crippen LogP contribution in [0, 0.1) is 0 Å². The SMILES string of the molecule is CCC(C)(C=O)c1cc2[nH]c3c(c2cc1Nc1cncnc1)CCCc1cn[nH]c1-3. The topological polar surface area (TPSA) is 99.3 Å². The van der Waals surface area contributed by atoms with Gasteiger partial charge in [0.05, 0.1) is 35.7 Å². The lowest BCUT2D eigenvalue weighted by Gasteiger charge is -2.25. The fourth-order valence-corrected chi connectivity index (χ4v) is 4.38. The molecule has 7 heteroatoms. The molecule has 152 valence electrons. The highest BCUT2D eigenvalue weighted by molar-refractivity contribution is 5.96. The third-order valence-electron chi connectivity index (χ3n) is 6.33. The van der Waals surface area contributed by atoms with Gasteiger partial charge in [-0.2, -0.15) is 5.10 Å². The summed E-state index contributed by atoms with van der Waals surface area (Å²) in [6.07, 6.45) is 11.7. The largest absolute Gasteiger partial charge is 0.353 e. The normalized spacial score (nSPS) is 15.1. The summed E-state index contributed by atoms with van der Waals surface area (Å²) in [4.78, 5) is 23.9. The Kier molecular flexibility index (Phi) is 4.38. The number of H-pyrrole nitrogens is 2. The zero-order valence-electron chi connectivity index (χ0n) is 17.1. The van der Waals surface area contributed by atoms with Crippen LogP contribution >= 0.6 is 0 Å². The molecule has 5 rings (SSSR count). The summed E-state index contributed by atoms with van der Waals surface area (Å²) in [5.74, 6) is 0. The monoisotopic (exact) mass is 400 g/mol. The van der Waals surface area contributed by atoms with Crippen molar-refractivity contribution in [3.8, 4) is 11.4 Å². The summed E-state index contributed by atoms with van der Waals surface area (Å²) >= 11 is 0. The number of carbonyl (C=O) groups is 1. The predicted octanol–water partition coefficient (Wildman–Crippen LogP) is 4.45. The van der Waals surface area contributed by atoms with Gasteiger partial charge in [-0.1, -0.05) is 6.92 Å². The zero-order valence-corrected chi connectivity index (χ0v) is 17.1. The lowest BCUT2D eigenvalue weighted by molar-refractivity contribution is -0.112. The van der Waals surface area contributed by atoms with Crippen LogP contribution in [0.15, 0.2) is 37.1 Å². The minimum Gasteiger partial charge on any atom is -0.353 e. The molecule has 0 spiro atoms. The number of aryl methyl sites for hydroxylation is 2. The first-order valence-corrected chi connectivity index (χ1v) is 10.3. The van der Waals surface area contributed by atoms with Crippen LogP contribution in [0.2, 0.25) is 0 Å². The second-order valence-corrected chi connectivity index (χ2v) is 8.19. The van der Waals surface area contributed by atoms with E-state index in [-0.39, 0.29) is 0 Å². The Morgan fingerprint density at radius 1 is 1.17 bits per heavy atom. The summed E-state index contributed by atoms with van der Waals surface area (Å²) < 4.78 is 0. The number of fused-ring (bicyclic) bond motifs is 5. The Bertz CT molecular complexity index is 1230. The second-order valence-electron chi connectivity index (χ2n) is 8.19. The van der Waals surface area contributed by atoms with Gasteiger partial charge in [0.1, 0.15) is 12.6 Å². The van der Waals surface area contributed by atoms with Gasteiger partial charge in [0.15, 0.2) is 0 Å². The molecular formula is C23H24N6O. The molecule has 0 saturated heterocycles. The molecule has 0 amide bonds. The molecule has 3 heterocycles. The first-order chi connectivity index (χ1) is 14.6. The van der Waals surface area contributed by atoms with Crippen LogP contribution < -0.4 is 5.32 Å². The Balaban J connectivity index is 1.74. The van der Waals surface area contributed by atoms with Gasteiger partial charge in [0.2, 0.25) is 0 Å². The average molecular weight is 400 g/mol. The number of aldehydes is 1. The molecule has 0 fully saturated rings. The first kappa shape index (κ1) is 18.5. The highest BCUT2D eigenvalue weighted by Gasteiger charge is 2.29. The first-order valence-electron chi connectivity index (χ1n) is 10.3. The van der Waals surface area contributed by atoms with Gasteiger partial charge >= 0.3 is 0 Å². The fourth-order valence-electron chi connectivity index (χ4n) is 4.38. The number of nitrogens with zero attached hydrogens (tertiary/aromatic N) is 3. The maximum Gasteiger partial charge on any atom is 0.130 e. The van der Waals surface area contributed by atoms with E-state index in [1.165, 1.54) is 22.8 Å². The van der Waals surface area contributed by atoms with E-state index in [1.807, 2.05) is 20.0 Å². The fraction of sp³-hybridized carbons (Fsp3) is 0.304. The van der Waals surface area contributed by atoms with E-state index in [0.29, 0.717) is 6.42 Å². The van der Waals surface area contributed by atoms with Crippen molar-refractivity contribution in [1.29, 1.82) is 0 Å². The van der Waals surface area contributed by atoms with Crippen LogP contribution in [0.5, 0.6) is 0 Å². The van der Waals surface area contributed by atoms with Crippen molar-refractivity contribution >= 4 is 28.6 Å². The van der Waals surface area contributed by atoms with Crippen LogP contribution in [0.4, 0.5) is 11.4 Å². The highest BCUT2D eigenvalue weighted by atomic mass is 16.1. The number of carbonyl (C=O) groups excluding carboxylic acids is 1. The number of rotatable bonds is 5. The molecule has 0 radical (unpaired) electrons. The number of aromatic amines is 2. The maximum absolute atomic E-state index is 12.1. The van der Waals surface area contributed by atoms with E-state index >= 15 is 0 Å². The number of anilines is 2. The van der Waals surface area contributed by atoms with Crippen LogP contribution in [0.3, 0.4) is 0 Å². The zero-order chi connectivity index (χ0) is 20.7. The minimum absolute atomic E-state index is 0.603. The van der Waals surface area contributed by atoms with Crippen molar-refractivity contribution in [2.45, 2.75) is 44.9 Å². The Labute approximate surface area is 174 Å². The molecule has 1 aromatic carbocycles. The number of hydrogen-bond acceptors (Lipinski definition) is 5. The van der Waals surface area contributed by atoms with E-state index in [9.17, 15) is 4.79 Å². The van der Waals surface area contributed by atoms with Crippen molar-refractivity contribution in [1.82, 2.24) is 25.1 Å². The molecule has 30 heavy (non-hydrogen) atoms. The maximum atomic E-state index is 12.1. The lowest BCUT2D eigenvalue weighted by atomic mass is 9.80. The summed E-state index contributed by atoms with van der Waals surface area (Å²) in [7, 11) is 0. The Hall–Kier alpha value is -3.48. The van der Waals surface area contributed by atoms with E-state index in [0.717, 1.165) is 59.4 Å². The van der Waals surface area contributed by atoms with Crippen molar-refractivity contribution in [3.63, 3.8) is 0 Å². The molecule has 1 atom stereocenters. The van der Waals surface area contributed by atoms with Gasteiger partial charge in [-0.3, -0.25) is 5.10 Å². The van der Waals surface area contributed by atoms with Gasteiger partial charge < -0.3 is 15.1 Å². The van der Waals surface area contributed by atoms with Crippen molar-refractivity contribution in [2.75, 3.05) is 5.32 Å². The number of nitrogens with one attached hydrogen (secondary N) is 3. The Morgan fingerprint density at radius 2 is 2.00 bits per heavy atom. The number of aromatic nitrogens is 5. The summed E-state index contributed by atoms with van der Waals surface area (Å²) in [5.41, 5.74) is 7.79. The van der Waals surface area contributed by atoms with Gasteiger partial charge in [-0.15, -0.1) is 0 Å². The van der Waals surface area contributed by atoms with Crippen LogP contribution in [-0.4, -0.2) is 31.4 Å². The minimum atomic E-state index is -0.603. The van der Waals surface area contributed by atoms with Gasteiger partial charge in [-0.05, 0) is 61.4 Å². The van der Waals surface area contributed by atoms with Gasteiger partial charge in [0.25, 0.3) is 0 Å². The highest BCUT2D eigenvalue weighted by Crippen LogP contribution is 2.41. The molecule has 0 aliphatic heterocycles. The van der Waals surface area contributed by atoms with E-state index in [4.69, 9.17) is 0 Å². The van der Waals surface area contributed by atoms with Crippen molar-refractivity contribution in [3.05, 3.63) is 53.7 Å². The standard InChI is InChI=1S/C23H24N6O/c1-3-23(2,12-30)18-8-19-17(7-20(18)27-15-10-24-13-25-11-15)16-6-4-5-14-9-26-29-21(14)22(16)28-19/h7-13,27-28H,3-6H2,1-2H3,(H,26,29). The molecule has 1 aliphatic carbocycles. The van der Waals surface area contributed by atoms with E-state index in [2.05, 4.69) is 42.6 Å². The molecule has 0 bridgehead atoms. The predicted molar refractivity (Wildman–Crippen MR) is 117 cm³/mol. The molecule has 1 unspecified atom stereocenters. The molecule has 0 saturated carbocycles. The molecule has 1 aliphatic rings. The third kappa shape index (κ3) is 2.89. The quantitative estimate of drug-likeness (QED) is 0.430. The van der Waals surface area contributed by atoms with Crippen LogP contribution in [0.25, 0.3) is 22.3 Å².